The predicted octanol–water partition coefficient (Wildman–Crippen LogP) is 1.16. The zero-order valence-electron chi connectivity index (χ0n) is 12.3. The minimum absolute atomic E-state index is 0.0713. The molecule has 0 fully saturated rings. The van der Waals surface area contributed by atoms with Gasteiger partial charge in [-0.3, -0.25) is 9.48 Å². The van der Waals surface area contributed by atoms with E-state index in [1.54, 1.807) is 24.0 Å². The van der Waals surface area contributed by atoms with Crippen LogP contribution in [0.3, 0.4) is 0 Å². The van der Waals surface area contributed by atoms with Crippen molar-refractivity contribution in [2.24, 2.45) is 0 Å². The van der Waals surface area contributed by atoms with Crippen molar-refractivity contribution in [3.63, 3.8) is 0 Å². The fourth-order valence-corrected chi connectivity index (χ4v) is 2.02. The number of hydrogen-bond acceptors (Lipinski definition) is 4. The number of aliphatic hydroxyl groups excluding tert-OH is 1. The number of rotatable bonds is 6. The SMILES string of the molecule is CNC(=O)c1ccc(C)c(NCc2cnn(CCO)c2)c1. The second-order valence-electron chi connectivity index (χ2n) is 4.80. The molecule has 1 aromatic carbocycles. The van der Waals surface area contributed by atoms with Crippen molar-refractivity contribution in [3.05, 3.63) is 47.3 Å². The summed E-state index contributed by atoms with van der Waals surface area (Å²) in [7, 11) is 1.62. The third-order valence-electron chi connectivity index (χ3n) is 3.23. The summed E-state index contributed by atoms with van der Waals surface area (Å²) in [4.78, 5) is 11.7. The van der Waals surface area contributed by atoms with E-state index in [9.17, 15) is 4.79 Å². The molecule has 0 aliphatic carbocycles. The van der Waals surface area contributed by atoms with E-state index < -0.39 is 0 Å². The number of hydrogen-bond donors (Lipinski definition) is 3. The van der Waals surface area contributed by atoms with Crippen molar-refractivity contribution in [2.45, 2.75) is 20.0 Å². The Morgan fingerprint density at radius 1 is 1.43 bits per heavy atom. The zero-order chi connectivity index (χ0) is 15.2. The number of benzene rings is 1. The predicted molar refractivity (Wildman–Crippen MR) is 81.2 cm³/mol. The third-order valence-corrected chi connectivity index (χ3v) is 3.23. The summed E-state index contributed by atoms with van der Waals surface area (Å²) in [5, 5.41) is 18.9. The molecule has 1 heterocycles. The van der Waals surface area contributed by atoms with Crippen molar-refractivity contribution in [1.82, 2.24) is 15.1 Å². The van der Waals surface area contributed by atoms with E-state index in [1.165, 1.54) is 0 Å². The van der Waals surface area contributed by atoms with Crippen LogP contribution in [0.25, 0.3) is 0 Å². The van der Waals surface area contributed by atoms with E-state index in [2.05, 4.69) is 15.7 Å². The summed E-state index contributed by atoms with van der Waals surface area (Å²) >= 11 is 0. The highest BCUT2D eigenvalue weighted by Gasteiger charge is 2.06. The molecule has 0 atom stereocenters. The summed E-state index contributed by atoms with van der Waals surface area (Å²) in [6.45, 7) is 3.17. The fourth-order valence-electron chi connectivity index (χ4n) is 2.02. The Bertz CT molecular complexity index is 622. The lowest BCUT2D eigenvalue weighted by atomic mass is 10.1. The Labute approximate surface area is 123 Å². The highest BCUT2D eigenvalue weighted by molar-refractivity contribution is 5.95. The average molecular weight is 288 g/mol. The molecule has 2 aromatic rings. The molecule has 1 amide bonds. The molecular formula is C15H20N4O2. The van der Waals surface area contributed by atoms with Crippen LogP contribution in [-0.4, -0.2) is 34.4 Å². The molecule has 0 spiro atoms. The maximum absolute atomic E-state index is 11.7. The van der Waals surface area contributed by atoms with Gasteiger partial charge in [0.2, 0.25) is 0 Å². The van der Waals surface area contributed by atoms with Gasteiger partial charge < -0.3 is 15.7 Å². The molecule has 21 heavy (non-hydrogen) atoms. The second-order valence-corrected chi connectivity index (χ2v) is 4.80. The lowest BCUT2D eigenvalue weighted by molar-refractivity contribution is 0.0963. The van der Waals surface area contributed by atoms with Crippen molar-refractivity contribution in [2.75, 3.05) is 19.0 Å². The molecule has 1 aromatic heterocycles. The van der Waals surface area contributed by atoms with Crippen LogP contribution in [0, 0.1) is 6.92 Å². The quantitative estimate of drug-likeness (QED) is 0.745. The first kappa shape index (κ1) is 15.1. The molecule has 6 heteroatoms. The standard InChI is InChI=1S/C15H20N4O2/c1-11-3-4-13(15(21)16-2)7-14(11)17-8-12-9-18-19(10-12)5-6-20/h3-4,7,9-10,17,20H,5-6,8H2,1-2H3,(H,16,21). The first-order chi connectivity index (χ1) is 10.1. The van der Waals surface area contributed by atoms with E-state index in [1.807, 2.05) is 25.3 Å². The number of anilines is 1. The molecule has 0 unspecified atom stereocenters. The van der Waals surface area contributed by atoms with Crippen LogP contribution in [0.1, 0.15) is 21.5 Å². The van der Waals surface area contributed by atoms with Gasteiger partial charge in [-0.15, -0.1) is 0 Å². The van der Waals surface area contributed by atoms with Gasteiger partial charge in [0, 0.05) is 36.6 Å². The molecule has 3 N–H and O–H groups in total. The minimum atomic E-state index is -0.103. The van der Waals surface area contributed by atoms with E-state index in [0.29, 0.717) is 18.7 Å². The van der Waals surface area contributed by atoms with Crippen LogP contribution in [-0.2, 0) is 13.1 Å². The van der Waals surface area contributed by atoms with Crippen molar-refractivity contribution >= 4 is 11.6 Å². The van der Waals surface area contributed by atoms with Crippen LogP contribution in [0.4, 0.5) is 5.69 Å². The number of nitrogens with zero attached hydrogens (tertiary/aromatic N) is 2. The van der Waals surface area contributed by atoms with Gasteiger partial charge in [0.25, 0.3) is 5.91 Å². The largest absolute Gasteiger partial charge is 0.394 e. The summed E-state index contributed by atoms with van der Waals surface area (Å²) in [6.07, 6.45) is 3.65. The molecule has 6 nitrogen and oxygen atoms in total. The molecule has 0 saturated heterocycles. The van der Waals surface area contributed by atoms with Gasteiger partial charge in [-0.1, -0.05) is 6.07 Å². The van der Waals surface area contributed by atoms with E-state index >= 15 is 0 Å². The highest BCUT2D eigenvalue weighted by atomic mass is 16.3. The van der Waals surface area contributed by atoms with E-state index in [4.69, 9.17) is 5.11 Å². The molecule has 0 aliphatic rings. The maximum Gasteiger partial charge on any atom is 0.251 e. The van der Waals surface area contributed by atoms with Crippen LogP contribution in [0.5, 0.6) is 0 Å². The Morgan fingerprint density at radius 2 is 2.24 bits per heavy atom. The smallest absolute Gasteiger partial charge is 0.251 e. The Hall–Kier alpha value is -2.34. The molecule has 2 rings (SSSR count). The second kappa shape index (κ2) is 6.90. The summed E-state index contributed by atoms with van der Waals surface area (Å²) in [6, 6.07) is 5.56. The van der Waals surface area contributed by atoms with E-state index in [-0.39, 0.29) is 12.5 Å². The van der Waals surface area contributed by atoms with Crippen LogP contribution >= 0.6 is 0 Å². The van der Waals surface area contributed by atoms with Gasteiger partial charge in [0.15, 0.2) is 0 Å². The fraction of sp³-hybridized carbons (Fsp3) is 0.333. The monoisotopic (exact) mass is 288 g/mol. The van der Waals surface area contributed by atoms with Gasteiger partial charge in [-0.2, -0.15) is 5.10 Å². The van der Waals surface area contributed by atoms with Gasteiger partial charge in [-0.05, 0) is 24.6 Å². The maximum atomic E-state index is 11.7. The lowest BCUT2D eigenvalue weighted by Crippen LogP contribution is -2.18. The zero-order valence-corrected chi connectivity index (χ0v) is 12.3. The number of carbonyl (C=O) groups excluding carboxylic acids is 1. The summed E-state index contributed by atoms with van der Waals surface area (Å²) < 4.78 is 1.70. The third kappa shape index (κ3) is 3.82. The number of amides is 1. The Balaban J connectivity index is 2.06. The van der Waals surface area contributed by atoms with Gasteiger partial charge >= 0.3 is 0 Å². The average Bonchev–Trinajstić information content (AvgIpc) is 2.93. The molecule has 0 aliphatic heterocycles. The Kier molecular flexibility index (Phi) is 4.94. The minimum Gasteiger partial charge on any atom is -0.394 e. The van der Waals surface area contributed by atoms with E-state index in [0.717, 1.165) is 16.8 Å². The van der Waals surface area contributed by atoms with Crippen LogP contribution < -0.4 is 10.6 Å². The summed E-state index contributed by atoms with van der Waals surface area (Å²) in [5.41, 5.74) is 3.64. The molecule has 0 radical (unpaired) electrons. The number of aromatic nitrogens is 2. The van der Waals surface area contributed by atoms with Gasteiger partial charge in [0.1, 0.15) is 0 Å². The molecule has 0 bridgehead atoms. The van der Waals surface area contributed by atoms with Crippen molar-refractivity contribution in [3.8, 4) is 0 Å². The highest BCUT2D eigenvalue weighted by Crippen LogP contribution is 2.18. The van der Waals surface area contributed by atoms with Crippen molar-refractivity contribution in [1.29, 1.82) is 0 Å². The number of aliphatic hydroxyl groups is 1. The van der Waals surface area contributed by atoms with Crippen LogP contribution in [0.2, 0.25) is 0 Å². The molecule has 0 saturated carbocycles. The first-order valence-electron chi connectivity index (χ1n) is 6.83. The Morgan fingerprint density at radius 3 is 2.95 bits per heavy atom. The topological polar surface area (TPSA) is 79.2 Å². The van der Waals surface area contributed by atoms with Crippen LogP contribution in [0.15, 0.2) is 30.6 Å². The number of aryl methyl sites for hydroxylation is 1. The number of nitrogens with one attached hydrogen (secondary N) is 2. The summed E-state index contributed by atoms with van der Waals surface area (Å²) in [5.74, 6) is -0.103. The molecule has 112 valence electrons. The molecular weight excluding hydrogens is 268 g/mol. The lowest BCUT2D eigenvalue weighted by Gasteiger charge is -2.10. The first-order valence-corrected chi connectivity index (χ1v) is 6.83. The van der Waals surface area contributed by atoms with Gasteiger partial charge in [0.05, 0.1) is 19.3 Å². The normalized spacial score (nSPS) is 10.4. The van der Waals surface area contributed by atoms with Crippen molar-refractivity contribution < 1.29 is 9.90 Å². The van der Waals surface area contributed by atoms with Gasteiger partial charge in [-0.25, -0.2) is 0 Å². The number of carbonyl (C=O) groups is 1.